The van der Waals surface area contributed by atoms with Gasteiger partial charge in [-0.25, -0.2) is 13.8 Å². The van der Waals surface area contributed by atoms with E-state index >= 15 is 0 Å². The van der Waals surface area contributed by atoms with Crippen LogP contribution in [-0.2, 0) is 6.61 Å². The fourth-order valence-electron chi connectivity index (χ4n) is 1.08. The molecule has 1 aromatic rings. The minimum absolute atomic E-state index is 0.293. The van der Waals surface area contributed by atoms with Crippen molar-refractivity contribution in [2.24, 2.45) is 0 Å². The van der Waals surface area contributed by atoms with Crippen molar-refractivity contribution in [2.45, 2.75) is 13.0 Å². The highest BCUT2D eigenvalue weighted by molar-refractivity contribution is 5.46. The van der Waals surface area contributed by atoms with Crippen LogP contribution in [0.2, 0.25) is 0 Å². The maximum absolute atomic E-state index is 12.4. The van der Waals surface area contributed by atoms with Crippen LogP contribution in [0, 0.1) is 21.4 Å². The first-order chi connectivity index (χ1) is 7.51. The van der Waals surface area contributed by atoms with E-state index in [2.05, 4.69) is 4.98 Å². The lowest BCUT2D eigenvalue weighted by Gasteiger charge is -2.04. The summed E-state index contributed by atoms with van der Waals surface area (Å²) in [5.41, 5.74) is -2.57. The van der Waals surface area contributed by atoms with E-state index in [1.54, 1.807) is 0 Å². The zero-order valence-corrected chi connectivity index (χ0v) is 7.72. The van der Waals surface area contributed by atoms with Crippen molar-refractivity contribution in [3.8, 4) is 6.07 Å². The van der Waals surface area contributed by atoms with Crippen LogP contribution in [0.1, 0.15) is 23.4 Å². The summed E-state index contributed by atoms with van der Waals surface area (Å²) in [6.07, 6.45) is -3.14. The molecule has 1 heterocycles. The number of aliphatic hydroxyl groups is 1. The second kappa shape index (κ2) is 4.59. The molecule has 0 aromatic carbocycles. The highest BCUT2D eigenvalue weighted by Crippen LogP contribution is 2.28. The van der Waals surface area contributed by atoms with Gasteiger partial charge in [0.2, 0.25) is 0 Å². The van der Waals surface area contributed by atoms with Gasteiger partial charge in [0, 0.05) is 6.07 Å². The summed E-state index contributed by atoms with van der Waals surface area (Å²) in [6.45, 7) is -0.736. The molecule has 0 radical (unpaired) electrons. The van der Waals surface area contributed by atoms with Crippen LogP contribution in [0.5, 0.6) is 0 Å². The Kier molecular flexibility index (Phi) is 3.42. The lowest BCUT2D eigenvalue weighted by atomic mass is 10.1. The smallest absolute Gasteiger partial charge is 0.298 e. The average Bonchev–Trinajstić information content (AvgIpc) is 2.26. The molecule has 84 valence electrons. The van der Waals surface area contributed by atoms with E-state index in [0.717, 1.165) is 0 Å². The van der Waals surface area contributed by atoms with E-state index in [9.17, 15) is 18.9 Å². The maximum atomic E-state index is 12.4. The number of hydrogen-bond donors (Lipinski definition) is 1. The summed E-state index contributed by atoms with van der Waals surface area (Å²) in [5, 5.41) is 27.8. The van der Waals surface area contributed by atoms with Crippen molar-refractivity contribution < 1.29 is 18.8 Å². The van der Waals surface area contributed by atoms with Gasteiger partial charge in [-0.15, -0.1) is 0 Å². The largest absolute Gasteiger partial charge is 0.390 e. The topological polar surface area (TPSA) is 100 Å². The third-order valence-electron chi connectivity index (χ3n) is 1.78. The van der Waals surface area contributed by atoms with E-state index in [1.807, 2.05) is 0 Å². The Bertz CT molecular complexity index is 470. The molecule has 0 aliphatic carbocycles. The number of nitro groups is 1. The molecule has 1 rings (SSSR count). The highest BCUT2D eigenvalue weighted by atomic mass is 19.3. The summed E-state index contributed by atoms with van der Waals surface area (Å²) in [7, 11) is 0. The number of hydrogen-bond acceptors (Lipinski definition) is 5. The normalized spacial score (nSPS) is 10.2. The van der Waals surface area contributed by atoms with Crippen LogP contribution in [-0.4, -0.2) is 15.0 Å². The van der Waals surface area contributed by atoms with Crippen molar-refractivity contribution in [3.05, 3.63) is 33.1 Å². The molecule has 0 aliphatic heterocycles. The molecule has 0 atom stereocenters. The first-order valence-corrected chi connectivity index (χ1v) is 3.98. The van der Waals surface area contributed by atoms with Gasteiger partial charge in [0.1, 0.15) is 6.07 Å². The highest BCUT2D eigenvalue weighted by Gasteiger charge is 2.26. The zero-order chi connectivity index (χ0) is 12.3. The Morgan fingerprint density at radius 3 is 2.69 bits per heavy atom. The molecule has 0 fully saturated rings. The molecule has 6 nitrogen and oxygen atoms in total. The lowest BCUT2D eigenvalue weighted by Crippen LogP contribution is -2.05. The van der Waals surface area contributed by atoms with Crippen LogP contribution in [0.15, 0.2) is 6.07 Å². The first-order valence-electron chi connectivity index (χ1n) is 3.98. The molecule has 0 aliphatic rings. The maximum Gasteiger partial charge on any atom is 0.298 e. The van der Waals surface area contributed by atoms with Crippen LogP contribution >= 0.6 is 0 Å². The van der Waals surface area contributed by atoms with Gasteiger partial charge in [0.25, 0.3) is 12.1 Å². The third kappa shape index (κ3) is 2.09. The molecule has 0 amide bonds. The van der Waals surface area contributed by atoms with Gasteiger partial charge in [0.05, 0.1) is 22.8 Å². The second-order valence-corrected chi connectivity index (χ2v) is 2.71. The molecule has 0 spiro atoms. The van der Waals surface area contributed by atoms with Crippen LogP contribution in [0.3, 0.4) is 0 Å². The van der Waals surface area contributed by atoms with Gasteiger partial charge >= 0.3 is 0 Å². The molecule has 0 saturated carbocycles. The van der Waals surface area contributed by atoms with Crippen molar-refractivity contribution >= 4 is 5.69 Å². The van der Waals surface area contributed by atoms with Gasteiger partial charge in [0.15, 0.2) is 5.69 Å². The molecule has 1 N–H and O–H groups in total. The fraction of sp³-hybridized carbons (Fsp3) is 0.250. The van der Waals surface area contributed by atoms with Crippen molar-refractivity contribution in [1.29, 1.82) is 5.26 Å². The number of nitrogens with zero attached hydrogens (tertiary/aromatic N) is 3. The number of nitriles is 1. The lowest BCUT2D eigenvalue weighted by molar-refractivity contribution is -0.386. The Hall–Kier alpha value is -2.14. The van der Waals surface area contributed by atoms with E-state index < -0.39 is 29.3 Å². The molecular formula is C8H5F2N3O3. The molecule has 0 saturated heterocycles. The number of aliphatic hydroxyl groups excluding tert-OH is 1. The fourth-order valence-corrected chi connectivity index (χ4v) is 1.08. The number of alkyl halides is 2. The monoisotopic (exact) mass is 229 g/mol. The number of rotatable bonds is 3. The Labute approximate surface area is 87.9 Å². The Morgan fingerprint density at radius 1 is 1.69 bits per heavy atom. The predicted octanol–water partition coefficient (Wildman–Crippen LogP) is 1.29. The molecule has 0 unspecified atom stereocenters. The van der Waals surface area contributed by atoms with E-state index in [-0.39, 0.29) is 11.3 Å². The SMILES string of the molecule is N#Cc1cc([N+](=O)[O-])c(C(F)F)nc1CO. The van der Waals surface area contributed by atoms with Crippen LogP contribution in [0.25, 0.3) is 0 Å². The van der Waals surface area contributed by atoms with E-state index in [0.29, 0.717) is 6.07 Å². The molecular weight excluding hydrogens is 224 g/mol. The number of pyridine rings is 1. The average molecular weight is 229 g/mol. The van der Waals surface area contributed by atoms with E-state index in [1.165, 1.54) is 6.07 Å². The van der Waals surface area contributed by atoms with Crippen LogP contribution < -0.4 is 0 Å². The molecule has 1 aromatic heterocycles. The molecule has 16 heavy (non-hydrogen) atoms. The van der Waals surface area contributed by atoms with Gasteiger partial charge in [-0.05, 0) is 0 Å². The number of aromatic nitrogens is 1. The number of halogens is 2. The van der Waals surface area contributed by atoms with Gasteiger partial charge in [-0.2, -0.15) is 5.26 Å². The zero-order valence-electron chi connectivity index (χ0n) is 7.72. The molecule has 8 heteroatoms. The summed E-state index contributed by atoms with van der Waals surface area (Å²) in [5.74, 6) is 0. The van der Waals surface area contributed by atoms with Crippen molar-refractivity contribution in [1.82, 2.24) is 4.98 Å². The minimum Gasteiger partial charge on any atom is -0.390 e. The van der Waals surface area contributed by atoms with Crippen LogP contribution in [0.4, 0.5) is 14.5 Å². The van der Waals surface area contributed by atoms with Gasteiger partial charge in [-0.3, -0.25) is 10.1 Å². The van der Waals surface area contributed by atoms with Gasteiger partial charge in [-0.1, -0.05) is 0 Å². The van der Waals surface area contributed by atoms with Crippen molar-refractivity contribution in [3.63, 3.8) is 0 Å². The Balaban J connectivity index is 3.49. The summed E-state index contributed by atoms with van der Waals surface area (Å²) in [4.78, 5) is 12.6. The Morgan fingerprint density at radius 2 is 2.31 bits per heavy atom. The standard InChI is InChI=1S/C8H5F2N3O3/c9-8(10)7-6(13(15)16)1-4(2-11)5(3-14)12-7/h1,8,14H,3H2. The van der Waals surface area contributed by atoms with E-state index in [4.69, 9.17) is 10.4 Å². The summed E-state index contributed by atoms with van der Waals surface area (Å²) >= 11 is 0. The van der Waals surface area contributed by atoms with Crippen molar-refractivity contribution in [2.75, 3.05) is 0 Å². The predicted molar refractivity (Wildman–Crippen MR) is 46.5 cm³/mol. The summed E-state index contributed by atoms with van der Waals surface area (Å²) in [6, 6.07) is 2.22. The second-order valence-electron chi connectivity index (χ2n) is 2.71. The van der Waals surface area contributed by atoms with Gasteiger partial charge < -0.3 is 5.11 Å². The third-order valence-corrected chi connectivity index (χ3v) is 1.78. The molecule has 0 bridgehead atoms. The first kappa shape index (κ1) is 11.9. The summed E-state index contributed by atoms with van der Waals surface area (Å²) < 4.78 is 24.8. The quantitative estimate of drug-likeness (QED) is 0.621. The minimum atomic E-state index is -3.14.